The summed E-state index contributed by atoms with van der Waals surface area (Å²) in [5, 5.41) is 4.63. The average Bonchev–Trinajstić information content (AvgIpc) is 3.05. The van der Waals surface area contributed by atoms with Crippen molar-refractivity contribution >= 4 is 11.9 Å². The number of piperazine rings is 1. The largest absolute Gasteiger partial charge is 0.469 e. The zero-order chi connectivity index (χ0) is 21.0. The normalized spacial score (nSPS) is 14.8. The summed E-state index contributed by atoms with van der Waals surface area (Å²) in [5.74, 6) is -0.140. The number of ether oxygens (including phenoxy) is 1. The van der Waals surface area contributed by atoms with Crippen molar-refractivity contribution in [2.24, 2.45) is 0 Å². The minimum Gasteiger partial charge on any atom is -0.469 e. The van der Waals surface area contributed by atoms with Gasteiger partial charge >= 0.3 is 5.97 Å². The fraction of sp³-hybridized carbons (Fsp3) is 0.500. The van der Waals surface area contributed by atoms with Crippen molar-refractivity contribution in [3.63, 3.8) is 0 Å². The van der Waals surface area contributed by atoms with Gasteiger partial charge in [-0.05, 0) is 56.6 Å². The molecule has 1 aliphatic heterocycles. The number of benzene rings is 1. The van der Waals surface area contributed by atoms with Crippen LogP contribution in [0.1, 0.15) is 40.7 Å². The molecule has 7 nitrogen and oxygen atoms in total. The van der Waals surface area contributed by atoms with Crippen LogP contribution in [-0.2, 0) is 16.0 Å². The summed E-state index contributed by atoms with van der Waals surface area (Å²) in [5.41, 5.74) is 4.57. The maximum absolute atomic E-state index is 12.8. The number of nitrogens with zero attached hydrogens (tertiary/aromatic N) is 4. The van der Waals surface area contributed by atoms with E-state index in [-0.39, 0.29) is 11.9 Å². The summed E-state index contributed by atoms with van der Waals surface area (Å²) in [6, 6.07) is 7.60. The Kier molecular flexibility index (Phi) is 6.69. The van der Waals surface area contributed by atoms with Gasteiger partial charge < -0.3 is 14.5 Å². The lowest BCUT2D eigenvalue weighted by Gasteiger charge is -2.34. The smallest absolute Gasteiger partial charge is 0.305 e. The molecular weight excluding hydrogens is 368 g/mol. The highest BCUT2D eigenvalue weighted by Crippen LogP contribution is 2.20. The predicted octanol–water partition coefficient (Wildman–Crippen LogP) is 2.37. The van der Waals surface area contributed by atoms with E-state index in [4.69, 9.17) is 4.74 Å². The molecule has 0 saturated carbocycles. The van der Waals surface area contributed by atoms with Gasteiger partial charge in [-0.2, -0.15) is 5.10 Å². The van der Waals surface area contributed by atoms with Gasteiger partial charge in [-0.3, -0.25) is 9.59 Å². The molecule has 0 atom stereocenters. The Balaban J connectivity index is 1.72. The highest BCUT2D eigenvalue weighted by atomic mass is 16.5. The first kappa shape index (κ1) is 21.0. The van der Waals surface area contributed by atoms with E-state index in [1.165, 1.54) is 7.11 Å². The SMILES string of the molecule is CCN1CCN(C(=O)c2ccc(-n3nc(C)c(CCC(=O)OC)c3C)cc2)CC1. The van der Waals surface area contributed by atoms with Crippen LogP contribution in [0.3, 0.4) is 0 Å². The quantitative estimate of drug-likeness (QED) is 0.699. The number of rotatable bonds is 6. The molecular formula is C22H30N4O3. The highest BCUT2D eigenvalue weighted by molar-refractivity contribution is 5.94. The minimum absolute atomic E-state index is 0.0828. The molecule has 2 heterocycles. The van der Waals surface area contributed by atoms with Crippen LogP contribution in [0.2, 0.25) is 0 Å². The molecule has 0 bridgehead atoms. The molecule has 1 aromatic carbocycles. The molecule has 0 radical (unpaired) electrons. The molecule has 1 aromatic heterocycles. The Morgan fingerprint density at radius 3 is 2.31 bits per heavy atom. The molecule has 0 spiro atoms. The van der Waals surface area contributed by atoms with Crippen LogP contribution >= 0.6 is 0 Å². The molecule has 1 aliphatic rings. The molecule has 1 saturated heterocycles. The van der Waals surface area contributed by atoms with Gasteiger partial charge in [0.2, 0.25) is 0 Å². The second kappa shape index (κ2) is 9.22. The summed E-state index contributed by atoms with van der Waals surface area (Å²) in [6.45, 7) is 10.5. The maximum Gasteiger partial charge on any atom is 0.305 e. The first-order valence-electron chi connectivity index (χ1n) is 10.2. The lowest BCUT2D eigenvalue weighted by atomic mass is 10.1. The molecule has 3 rings (SSSR count). The molecule has 1 amide bonds. The van der Waals surface area contributed by atoms with Gasteiger partial charge in [-0.25, -0.2) is 4.68 Å². The lowest BCUT2D eigenvalue weighted by molar-refractivity contribution is -0.140. The van der Waals surface area contributed by atoms with E-state index in [0.29, 0.717) is 18.4 Å². The van der Waals surface area contributed by atoms with Crippen LogP contribution in [0.5, 0.6) is 0 Å². The molecule has 29 heavy (non-hydrogen) atoms. The van der Waals surface area contributed by atoms with Crippen LogP contribution in [0.15, 0.2) is 24.3 Å². The van der Waals surface area contributed by atoms with Crippen molar-refractivity contribution in [3.05, 3.63) is 46.8 Å². The Bertz CT molecular complexity index is 865. The zero-order valence-corrected chi connectivity index (χ0v) is 17.8. The fourth-order valence-electron chi connectivity index (χ4n) is 3.81. The van der Waals surface area contributed by atoms with E-state index >= 15 is 0 Å². The molecule has 7 heteroatoms. The number of likely N-dealkylation sites (N-methyl/N-ethyl adjacent to an activating group) is 1. The van der Waals surface area contributed by atoms with Gasteiger partial charge in [0, 0.05) is 43.9 Å². The summed E-state index contributed by atoms with van der Waals surface area (Å²) < 4.78 is 6.61. The van der Waals surface area contributed by atoms with E-state index in [0.717, 1.165) is 55.4 Å². The van der Waals surface area contributed by atoms with Crippen molar-refractivity contribution in [1.82, 2.24) is 19.6 Å². The molecule has 0 unspecified atom stereocenters. The Morgan fingerprint density at radius 2 is 1.72 bits per heavy atom. The van der Waals surface area contributed by atoms with Gasteiger partial charge in [0.1, 0.15) is 0 Å². The van der Waals surface area contributed by atoms with Gasteiger partial charge in [0.25, 0.3) is 5.91 Å². The van der Waals surface area contributed by atoms with Gasteiger partial charge in [-0.15, -0.1) is 0 Å². The minimum atomic E-state index is -0.223. The number of hydrogen-bond acceptors (Lipinski definition) is 5. The zero-order valence-electron chi connectivity index (χ0n) is 17.8. The van der Waals surface area contributed by atoms with Crippen LogP contribution < -0.4 is 0 Å². The molecule has 0 N–H and O–H groups in total. The van der Waals surface area contributed by atoms with E-state index in [2.05, 4.69) is 16.9 Å². The van der Waals surface area contributed by atoms with Crippen LogP contribution in [0.25, 0.3) is 5.69 Å². The first-order chi connectivity index (χ1) is 13.9. The Morgan fingerprint density at radius 1 is 1.07 bits per heavy atom. The number of methoxy groups -OCH3 is 1. The van der Waals surface area contributed by atoms with Gasteiger partial charge in [-0.1, -0.05) is 6.92 Å². The summed E-state index contributed by atoms with van der Waals surface area (Å²) in [4.78, 5) is 28.5. The standard InChI is InChI=1S/C22H30N4O3/c1-5-24-12-14-25(15-13-24)22(28)18-6-8-19(9-7-18)26-17(3)20(16(2)23-26)10-11-21(27)29-4/h6-9H,5,10-15H2,1-4H3. The monoisotopic (exact) mass is 398 g/mol. The number of hydrogen-bond donors (Lipinski definition) is 0. The number of carbonyl (C=O) groups excluding carboxylic acids is 2. The Labute approximate surface area is 172 Å². The fourth-order valence-corrected chi connectivity index (χ4v) is 3.81. The van der Waals surface area contributed by atoms with Crippen LogP contribution in [-0.4, -0.2) is 71.3 Å². The van der Waals surface area contributed by atoms with Crippen molar-refractivity contribution in [1.29, 1.82) is 0 Å². The van der Waals surface area contributed by atoms with Gasteiger partial charge in [0.05, 0.1) is 18.5 Å². The molecule has 156 valence electrons. The van der Waals surface area contributed by atoms with E-state index in [1.54, 1.807) is 0 Å². The van der Waals surface area contributed by atoms with E-state index in [9.17, 15) is 9.59 Å². The second-order valence-corrected chi connectivity index (χ2v) is 7.41. The topological polar surface area (TPSA) is 67.7 Å². The third-order valence-corrected chi connectivity index (χ3v) is 5.71. The van der Waals surface area contributed by atoms with Gasteiger partial charge in [0.15, 0.2) is 0 Å². The van der Waals surface area contributed by atoms with E-state index in [1.807, 2.05) is 47.7 Å². The number of aryl methyl sites for hydroxylation is 1. The number of aromatic nitrogens is 2. The summed E-state index contributed by atoms with van der Waals surface area (Å²) in [6.07, 6.45) is 0.938. The van der Waals surface area contributed by atoms with E-state index < -0.39 is 0 Å². The summed E-state index contributed by atoms with van der Waals surface area (Å²) in [7, 11) is 1.40. The number of carbonyl (C=O) groups is 2. The maximum atomic E-state index is 12.8. The third kappa shape index (κ3) is 4.67. The average molecular weight is 399 g/mol. The molecule has 0 aliphatic carbocycles. The number of amides is 1. The molecule has 1 fully saturated rings. The highest BCUT2D eigenvalue weighted by Gasteiger charge is 2.21. The lowest BCUT2D eigenvalue weighted by Crippen LogP contribution is -2.48. The number of esters is 1. The Hall–Kier alpha value is -2.67. The van der Waals surface area contributed by atoms with Crippen molar-refractivity contribution in [3.8, 4) is 5.69 Å². The first-order valence-corrected chi connectivity index (χ1v) is 10.2. The summed E-state index contributed by atoms with van der Waals surface area (Å²) >= 11 is 0. The van der Waals surface area contributed by atoms with Crippen molar-refractivity contribution in [2.75, 3.05) is 39.8 Å². The predicted molar refractivity (Wildman–Crippen MR) is 111 cm³/mol. The second-order valence-electron chi connectivity index (χ2n) is 7.41. The van der Waals surface area contributed by atoms with Crippen LogP contribution in [0, 0.1) is 13.8 Å². The van der Waals surface area contributed by atoms with Crippen LogP contribution in [0.4, 0.5) is 0 Å². The molecule has 2 aromatic rings. The van der Waals surface area contributed by atoms with Crippen molar-refractivity contribution in [2.45, 2.75) is 33.6 Å². The van der Waals surface area contributed by atoms with Crippen molar-refractivity contribution < 1.29 is 14.3 Å². The third-order valence-electron chi connectivity index (χ3n) is 5.71.